The number of benzene rings is 1. The third-order valence-corrected chi connectivity index (χ3v) is 4.37. The van der Waals surface area contributed by atoms with Crippen LogP contribution in [-0.2, 0) is 9.84 Å². The molecule has 1 aromatic rings. The predicted octanol–water partition coefficient (Wildman–Crippen LogP) is 2.40. The van der Waals surface area contributed by atoms with E-state index in [0.29, 0.717) is 17.7 Å². The molecule has 0 unspecified atom stereocenters. The van der Waals surface area contributed by atoms with Crippen molar-refractivity contribution >= 4 is 9.84 Å². The second-order valence-electron chi connectivity index (χ2n) is 4.90. The maximum Gasteiger partial charge on any atom is 0.178 e. The quantitative estimate of drug-likeness (QED) is 0.795. The van der Waals surface area contributed by atoms with Gasteiger partial charge < -0.3 is 5.11 Å². The van der Waals surface area contributed by atoms with E-state index in [-0.39, 0.29) is 5.75 Å². The molecular weight excluding hydrogens is 236 g/mol. The van der Waals surface area contributed by atoms with Gasteiger partial charge in [0.05, 0.1) is 16.2 Å². The standard InChI is InChI=1S/C13H20O3S/c1-13(2,14)10-6-7-11-17(15,16)12-8-4-3-5-9-12/h3-5,8-9,14H,6-7,10-11H2,1-2H3. The van der Waals surface area contributed by atoms with Crippen LogP contribution < -0.4 is 0 Å². The first kappa shape index (κ1) is 14.2. The van der Waals surface area contributed by atoms with Gasteiger partial charge in [0.2, 0.25) is 0 Å². The molecule has 0 saturated heterocycles. The highest BCUT2D eigenvalue weighted by Gasteiger charge is 2.15. The normalized spacial score (nSPS) is 12.6. The first-order valence-corrected chi connectivity index (χ1v) is 7.47. The highest BCUT2D eigenvalue weighted by Crippen LogP contribution is 2.15. The van der Waals surface area contributed by atoms with E-state index in [0.717, 1.165) is 6.42 Å². The summed E-state index contributed by atoms with van der Waals surface area (Å²) in [4.78, 5) is 0.378. The number of hydrogen-bond donors (Lipinski definition) is 1. The van der Waals surface area contributed by atoms with Crippen molar-refractivity contribution in [2.24, 2.45) is 0 Å². The zero-order valence-electron chi connectivity index (χ0n) is 10.4. The molecule has 0 spiro atoms. The van der Waals surface area contributed by atoms with Gasteiger partial charge in [-0.1, -0.05) is 18.2 Å². The topological polar surface area (TPSA) is 54.4 Å². The Bertz CT molecular complexity index is 429. The van der Waals surface area contributed by atoms with Gasteiger partial charge in [0.1, 0.15) is 0 Å². The fourth-order valence-electron chi connectivity index (χ4n) is 1.60. The van der Waals surface area contributed by atoms with Crippen molar-refractivity contribution in [3.8, 4) is 0 Å². The van der Waals surface area contributed by atoms with Crippen LogP contribution in [-0.4, -0.2) is 24.9 Å². The van der Waals surface area contributed by atoms with Gasteiger partial charge in [-0.25, -0.2) is 8.42 Å². The van der Waals surface area contributed by atoms with Crippen LogP contribution in [0.3, 0.4) is 0 Å². The summed E-state index contributed by atoms with van der Waals surface area (Å²) >= 11 is 0. The Kier molecular flexibility index (Phi) is 4.71. The second kappa shape index (κ2) is 5.65. The van der Waals surface area contributed by atoms with Gasteiger partial charge in [0.25, 0.3) is 0 Å². The number of unbranched alkanes of at least 4 members (excludes halogenated alkanes) is 1. The SMILES string of the molecule is CC(C)(O)CCCCS(=O)(=O)c1ccccc1. The minimum absolute atomic E-state index is 0.146. The third kappa shape index (κ3) is 5.33. The Hall–Kier alpha value is -0.870. The summed E-state index contributed by atoms with van der Waals surface area (Å²) in [5.74, 6) is 0.146. The highest BCUT2D eigenvalue weighted by molar-refractivity contribution is 7.91. The van der Waals surface area contributed by atoms with Gasteiger partial charge in [-0.3, -0.25) is 0 Å². The van der Waals surface area contributed by atoms with Crippen molar-refractivity contribution < 1.29 is 13.5 Å². The van der Waals surface area contributed by atoms with Crippen molar-refractivity contribution in [1.82, 2.24) is 0 Å². The molecule has 3 nitrogen and oxygen atoms in total. The van der Waals surface area contributed by atoms with Crippen molar-refractivity contribution in [3.05, 3.63) is 30.3 Å². The van der Waals surface area contributed by atoms with Crippen LogP contribution in [0.1, 0.15) is 33.1 Å². The van der Waals surface area contributed by atoms with Crippen LogP contribution in [0.5, 0.6) is 0 Å². The van der Waals surface area contributed by atoms with Crippen molar-refractivity contribution in [3.63, 3.8) is 0 Å². The molecule has 0 aromatic heterocycles. The molecule has 17 heavy (non-hydrogen) atoms. The Balaban J connectivity index is 2.47. The summed E-state index contributed by atoms with van der Waals surface area (Å²) < 4.78 is 23.8. The van der Waals surface area contributed by atoms with E-state index >= 15 is 0 Å². The lowest BCUT2D eigenvalue weighted by atomic mass is 10.0. The van der Waals surface area contributed by atoms with Crippen molar-refractivity contribution in [1.29, 1.82) is 0 Å². The Morgan fingerprint density at radius 2 is 1.71 bits per heavy atom. The van der Waals surface area contributed by atoms with Crippen LogP contribution in [0.2, 0.25) is 0 Å². The Morgan fingerprint density at radius 1 is 1.12 bits per heavy atom. The molecule has 1 aromatic carbocycles. The van der Waals surface area contributed by atoms with E-state index in [1.807, 2.05) is 0 Å². The molecule has 0 amide bonds. The van der Waals surface area contributed by atoms with Gasteiger partial charge in [-0.2, -0.15) is 0 Å². The number of rotatable bonds is 6. The number of aliphatic hydroxyl groups is 1. The summed E-state index contributed by atoms with van der Waals surface area (Å²) in [6.07, 6.45) is 1.92. The summed E-state index contributed by atoms with van der Waals surface area (Å²) in [5.41, 5.74) is -0.712. The average molecular weight is 256 g/mol. The lowest BCUT2D eigenvalue weighted by Crippen LogP contribution is -2.18. The lowest BCUT2D eigenvalue weighted by Gasteiger charge is -2.16. The van der Waals surface area contributed by atoms with Crippen LogP contribution in [0.4, 0.5) is 0 Å². The van der Waals surface area contributed by atoms with Gasteiger partial charge in [-0.15, -0.1) is 0 Å². The molecule has 0 aliphatic heterocycles. The van der Waals surface area contributed by atoms with Crippen molar-refractivity contribution in [2.45, 2.75) is 43.6 Å². The molecule has 4 heteroatoms. The summed E-state index contributed by atoms with van der Waals surface area (Å²) in [5, 5.41) is 9.51. The molecule has 0 aliphatic rings. The summed E-state index contributed by atoms with van der Waals surface area (Å²) in [6, 6.07) is 8.48. The Morgan fingerprint density at radius 3 is 2.24 bits per heavy atom. The van der Waals surface area contributed by atoms with E-state index in [1.54, 1.807) is 44.2 Å². The van der Waals surface area contributed by atoms with Crippen LogP contribution in [0, 0.1) is 0 Å². The molecule has 0 fully saturated rings. The van der Waals surface area contributed by atoms with E-state index in [1.165, 1.54) is 0 Å². The molecule has 0 atom stereocenters. The predicted molar refractivity (Wildman–Crippen MR) is 68.6 cm³/mol. The average Bonchev–Trinajstić information content (AvgIpc) is 2.25. The highest BCUT2D eigenvalue weighted by atomic mass is 32.2. The third-order valence-electron chi connectivity index (χ3n) is 2.55. The second-order valence-corrected chi connectivity index (χ2v) is 7.01. The van der Waals surface area contributed by atoms with Crippen LogP contribution >= 0.6 is 0 Å². The molecule has 0 aliphatic carbocycles. The number of sulfone groups is 1. The zero-order chi connectivity index (χ0) is 12.9. The fraction of sp³-hybridized carbons (Fsp3) is 0.538. The van der Waals surface area contributed by atoms with Gasteiger partial charge in [-0.05, 0) is 45.2 Å². The van der Waals surface area contributed by atoms with E-state index < -0.39 is 15.4 Å². The van der Waals surface area contributed by atoms with Crippen LogP contribution in [0.25, 0.3) is 0 Å². The molecular formula is C13H20O3S. The number of hydrogen-bond acceptors (Lipinski definition) is 3. The minimum atomic E-state index is -3.16. The van der Waals surface area contributed by atoms with Crippen molar-refractivity contribution in [2.75, 3.05) is 5.75 Å². The Labute approximate surface area is 103 Å². The van der Waals surface area contributed by atoms with Gasteiger partial charge in [0.15, 0.2) is 9.84 Å². The summed E-state index contributed by atoms with van der Waals surface area (Å²) in [6.45, 7) is 3.47. The van der Waals surface area contributed by atoms with Gasteiger partial charge in [0, 0.05) is 0 Å². The molecule has 1 rings (SSSR count). The van der Waals surface area contributed by atoms with Crippen LogP contribution in [0.15, 0.2) is 35.2 Å². The fourth-order valence-corrected chi connectivity index (χ4v) is 2.99. The summed E-state index contributed by atoms with van der Waals surface area (Å²) in [7, 11) is -3.16. The van der Waals surface area contributed by atoms with E-state index in [2.05, 4.69) is 0 Å². The molecule has 1 N–H and O–H groups in total. The molecule has 0 radical (unpaired) electrons. The minimum Gasteiger partial charge on any atom is -0.390 e. The van der Waals surface area contributed by atoms with E-state index in [9.17, 15) is 13.5 Å². The largest absolute Gasteiger partial charge is 0.390 e. The zero-order valence-corrected chi connectivity index (χ0v) is 11.2. The molecule has 96 valence electrons. The van der Waals surface area contributed by atoms with E-state index in [4.69, 9.17) is 0 Å². The molecule has 0 saturated carbocycles. The first-order valence-electron chi connectivity index (χ1n) is 5.81. The first-order chi connectivity index (χ1) is 7.81. The van der Waals surface area contributed by atoms with Gasteiger partial charge >= 0.3 is 0 Å². The molecule has 0 heterocycles. The maximum absolute atomic E-state index is 11.9. The smallest absolute Gasteiger partial charge is 0.178 e. The lowest BCUT2D eigenvalue weighted by molar-refractivity contribution is 0.0686. The molecule has 0 bridgehead atoms. The maximum atomic E-state index is 11.9. The monoisotopic (exact) mass is 256 g/mol.